The van der Waals surface area contributed by atoms with Crippen LogP contribution in [0.25, 0.3) is 0 Å². The molecule has 0 spiro atoms. The first-order chi connectivity index (χ1) is 5.72. The van der Waals surface area contributed by atoms with Crippen LogP contribution in [0.5, 0.6) is 0 Å². The van der Waals surface area contributed by atoms with Crippen molar-refractivity contribution in [2.24, 2.45) is 4.99 Å². The van der Waals surface area contributed by atoms with E-state index in [-0.39, 0.29) is 24.7 Å². The minimum absolute atomic E-state index is 0. The first-order valence-electron chi connectivity index (χ1n) is 4.22. The van der Waals surface area contributed by atoms with E-state index in [0.29, 0.717) is 13.1 Å². The number of rotatable bonds is 4. The van der Waals surface area contributed by atoms with Gasteiger partial charge in [-0.1, -0.05) is 13.8 Å². The molecule has 70 valence electrons. The smallest absolute Gasteiger partial charge is 0.542 e. The fourth-order valence-electron chi connectivity index (χ4n) is 0.660. The van der Waals surface area contributed by atoms with Gasteiger partial charge in [-0.15, -0.1) is 0 Å². The number of hydrogen-bond donors (Lipinski definition) is 1. The number of aliphatic carboxylic acids is 1. The van der Waals surface area contributed by atoms with Crippen molar-refractivity contribution in [1.82, 2.24) is 5.32 Å². The molecule has 0 aromatic heterocycles. The molecule has 0 aliphatic carbocycles. The van der Waals surface area contributed by atoms with Gasteiger partial charge in [-0.3, -0.25) is 4.99 Å². The molecule has 0 aromatic rings. The van der Waals surface area contributed by atoms with E-state index < -0.39 is 5.97 Å². The number of aliphatic imine (C=N–C) groups is 1. The number of carbonyl (C=O) groups excluding carboxylic acids is 1. The molecule has 0 unspecified atom stereocenters. The summed E-state index contributed by atoms with van der Waals surface area (Å²) in [6.07, 6.45) is 1.71. The van der Waals surface area contributed by atoms with Crippen LogP contribution in [0.2, 0.25) is 0 Å². The van der Waals surface area contributed by atoms with Crippen LogP contribution in [0.15, 0.2) is 4.99 Å². The molecule has 0 bridgehead atoms. The summed E-state index contributed by atoms with van der Waals surface area (Å²) in [4.78, 5) is 14.2. The van der Waals surface area contributed by atoms with Crippen molar-refractivity contribution in [3.8, 4) is 0 Å². The van der Waals surface area contributed by atoms with Gasteiger partial charge in [0.05, 0.1) is 0 Å². The number of nitrogens with zero attached hydrogens (tertiary/aromatic N) is 1. The molecule has 13 heavy (non-hydrogen) atoms. The van der Waals surface area contributed by atoms with Gasteiger partial charge in [-0.2, -0.15) is 0 Å². The maximum atomic E-state index is 10.4. The van der Waals surface area contributed by atoms with Crippen LogP contribution < -0.4 is 29.3 Å². The summed E-state index contributed by atoms with van der Waals surface area (Å²) in [5.74, 6) is -1.25. The number of amidine groups is 1. The monoisotopic (exact) mass is 178 g/mol. The third kappa shape index (κ3) is 7.88. The number of carbonyl (C=O) groups is 1. The van der Waals surface area contributed by atoms with E-state index in [1.807, 2.05) is 13.8 Å². The van der Waals surface area contributed by atoms with E-state index in [2.05, 4.69) is 10.3 Å². The summed E-state index contributed by atoms with van der Waals surface area (Å²) in [6.45, 7) is 5.05. The summed E-state index contributed by atoms with van der Waals surface area (Å²) >= 11 is 0. The second kappa shape index (κ2) is 9.62. The van der Waals surface area contributed by atoms with Crippen molar-refractivity contribution in [3.05, 3.63) is 0 Å². The van der Waals surface area contributed by atoms with Gasteiger partial charge in [0, 0.05) is 13.1 Å². The standard InChI is InChI=1S/C8H16N2O2.Li/c1-3-5-9-7(8(11)12)10-6-4-2;/h3-6H2,1-2H3,(H,9,10)(H,11,12);/q;+1/p-1. The van der Waals surface area contributed by atoms with Crippen molar-refractivity contribution in [2.75, 3.05) is 13.1 Å². The third-order valence-corrected chi connectivity index (χ3v) is 1.23. The normalized spacial score (nSPS) is 10.5. The minimum atomic E-state index is -1.23. The van der Waals surface area contributed by atoms with Gasteiger partial charge in [0.25, 0.3) is 0 Å². The molecule has 0 aliphatic rings. The predicted molar refractivity (Wildman–Crippen MR) is 45.9 cm³/mol. The zero-order chi connectivity index (χ0) is 9.40. The van der Waals surface area contributed by atoms with Crippen molar-refractivity contribution in [3.63, 3.8) is 0 Å². The Bertz CT molecular complexity index is 172. The van der Waals surface area contributed by atoms with Gasteiger partial charge in [0.1, 0.15) is 11.8 Å². The van der Waals surface area contributed by atoms with Gasteiger partial charge in [-0.05, 0) is 12.8 Å². The largest absolute Gasteiger partial charge is 1.00 e. The molecule has 5 heteroatoms. The van der Waals surface area contributed by atoms with Gasteiger partial charge in [0.2, 0.25) is 0 Å². The summed E-state index contributed by atoms with van der Waals surface area (Å²) in [7, 11) is 0. The van der Waals surface area contributed by atoms with Gasteiger partial charge in [0.15, 0.2) is 0 Å². The molecule has 0 rings (SSSR count). The van der Waals surface area contributed by atoms with Crippen molar-refractivity contribution in [2.45, 2.75) is 26.7 Å². The van der Waals surface area contributed by atoms with Crippen LogP contribution in [-0.2, 0) is 4.79 Å². The van der Waals surface area contributed by atoms with Crippen molar-refractivity contribution < 1.29 is 28.8 Å². The SMILES string of the molecule is CCCN=C(NCCC)C(=O)[O-].[Li+]. The maximum absolute atomic E-state index is 10.4. The first-order valence-corrected chi connectivity index (χ1v) is 4.22. The number of carboxylic acid groups (broad SMARTS) is 1. The average Bonchev–Trinajstić information content (AvgIpc) is 2.04. The topological polar surface area (TPSA) is 64.5 Å². The molecule has 0 aromatic carbocycles. The fourth-order valence-corrected chi connectivity index (χ4v) is 0.660. The van der Waals surface area contributed by atoms with Gasteiger partial charge in [-0.25, -0.2) is 0 Å². The van der Waals surface area contributed by atoms with E-state index in [4.69, 9.17) is 0 Å². The number of carboxylic acids is 1. The Hall–Kier alpha value is -0.463. The average molecular weight is 178 g/mol. The number of nitrogens with one attached hydrogen (secondary N) is 1. The molecular weight excluding hydrogens is 163 g/mol. The molecule has 0 fully saturated rings. The Morgan fingerprint density at radius 2 is 2.00 bits per heavy atom. The molecule has 0 saturated carbocycles. The van der Waals surface area contributed by atoms with E-state index in [9.17, 15) is 9.90 Å². The molecule has 0 amide bonds. The summed E-state index contributed by atoms with van der Waals surface area (Å²) < 4.78 is 0. The minimum Gasteiger partial charge on any atom is -0.542 e. The Morgan fingerprint density at radius 1 is 1.38 bits per heavy atom. The zero-order valence-electron chi connectivity index (χ0n) is 8.59. The van der Waals surface area contributed by atoms with Crippen molar-refractivity contribution in [1.29, 1.82) is 0 Å². The van der Waals surface area contributed by atoms with Crippen LogP contribution in [-0.4, -0.2) is 24.9 Å². The third-order valence-electron chi connectivity index (χ3n) is 1.23. The van der Waals surface area contributed by atoms with Gasteiger partial charge < -0.3 is 15.2 Å². The molecule has 0 saturated heterocycles. The maximum Gasteiger partial charge on any atom is 1.00 e. The fraction of sp³-hybridized carbons (Fsp3) is 0.750. The predicted octanol–water partition coefficient (Wildman–Crippen LogP) is -3.45. The molecule has 0 atom stereocenters. The van der Waals surface area contributed by atoms with E-state index >= 15 is 0 Å². The molecule has 0 radical (unpaired) electrons. The van der Waals surface area contributed by atoms with Crippen LogP contribution in [0.1, 0.15) is 26.7 Å². The summed E-state index contributed by atoms with van der Waals surface area (Å²) in [5, 5.41) is 13.1. The van der Waals surface area contributed by atoms with Crippen LogP contribution in [0.4, 0.5) is 0 Å². The summed E-state index contributed by atoms with van der Waals surface area (Å²) in [5.41, 5.74) is 0. The Kier molecular flexibility index (Phi) is 11.1. The second-order valence-electron chi connectivity index (χ2n) is 2.44. The van der Waals surface area contributed by atoms with E-state index in [1.54, 1.807) is 0 Å². The Labute approximate surface area is 91.0 Å². The Balaban J connectivity index is 0. The van der Waals surface area contributed by atoms with E-state index in [0.717, 1.165) is 12.8 Å². The quantitative estimate of drug-likeness (QED) is 0.276. The number of hydrogen-bond acceptors (Lipinski definition) is 3. The zero-order valence-corrected chi connectivity index (χ0v) is 8.59. The molecule has 4 nitrogen and oxygen atoms in total. The second-order valence-corrected chi connectivity index (χ2v) is 2.44. The van der Waals surface area contributed by atoms with E-state index in [1.165, 1.54) is 0 Å². The van der Waals surface area contributed by atoms with Gasteiger partial charge >= 0.3 is 18.9 Å². The van der Waals surface area contributed by atoms with Crippen LogP contribution in [0.3, 0.4) is 0 Å². The molecule has 0 heterocycles. The molecular formula is C8H15LiN2O2. The van der Waals surface area contributed by atoms with Crippen LogP contribution >= 0.6 is 0 Å². The molecule has 1 N–H and O–H groups in total. The van der Waals surface area contributed by atoms with Crippen LogP contribution in [0, 0.1) is 0 Å². The van der Waals surface area contributed by atoms with Crippen molar-refractivity contribution >= 4 is 11.8 Å². The first kappa shape index (κ1) is 15.0. The summed E-state index contributed by atoms with van der Waals surface area (Å²) in [6, 6.07) is 0. The molecule has 0 aliphatic heterocycles. The Morgan fingerprint density at radius 3 is 2.38 bits per heavy atom.